The van der Waals surface area contributed by atoms with Crippen LogP contribution < -0.4 is 16.0 Å². The summed E-state index contributed by atoms with van der Waals surface area (Å²) in [6.45, 7) is 5.08. The first-order valence-corrected chi connectivity index (χ1v) is 8.10. The topological polar surface area (TPSA) is 84.4 Å². The molecule has 0 fully saturated rings. The van der Waals surface area contributed by atoms with Gasteiger partial charge in [0.1, 0.15) is 12.4 Å². The third-order valence-corrected chi connectivity index (χ3v) is 3.78. The summed E-state index contributed by atoms with van der Waals surface area (Å²) in [5.41, 5.74) is 1.30. The van der Waals surface area contributed by atoms with Crippen molar-refractivity contribution in [2.45, 2.75) is 26.8 Å². The molecule has 0 unspecified atom stereocenters. The first kappa shape index (κ1) is 18.5. The highest BCUT2D eigenvalue weighted by Crippen LogP contribution is 2.16. The van der Waals surface area contributed by atoms with Crippen LogP contribution in [0.4, 0.5) is 0 Å². The molecule has 1 aromatic carbocycles. The average Bonchev–Trinajstić information content (AvgIpc) is 2.52. The number of carbonyl (C=O) groups excluding carboxylic acids is 1. The van der Waals surface area contributed by atoms with Crippen LogP contribution in [-0.4, -0.2) is 40.6 Å². The standard InChI is InChI=1S/C18H23N3O4/c1-13-10-14(2)12-15(11-13)25-9-8-20(3)17(23)5-7-21-6-4-16(22)19-18(21)24/h4,6,10-12H,5,7-9H2,1-3H3,(H,19,22,24). The summed E-state index contributed by atoms with van der Waals surface area (Å²) in [6, 6.07) is 7.24. The fraction of sp³-hybridized carbons (Fsp3) is 0.389. The Kier molecular flexibility index (Phi) is 6.16. The number of aryl methyl sites for hydroxylation is 3. The minimum absolute atomic E-state index is 0.0953. The predicted octanol–water partition coefficient (Wildman–Crippen LogP) is 1.08. The largest absolute Gasteiger partial charge is 0.492 e. The average molecular weight is 345 g/mol. The van der Waals surface area contributed by atoms with Crippen LogP contribution in [0.3, 0.4) is 0 Å². The highest BCUT2D eigenvalue weighted by atomic mass is 16.5. The lowest BCUT2D eigenvalue weighted by atomic mass is 10.1. The maximum atomic E-state index is 12.1. The van der Waals surface area contributed by atoms with Crippen molar-refractivity contribution in [2.75, 3.05) is 20.2 Å². The SMILES string of the molecule is Cc1cc(C)cc(OCCN(C)C(=O)CCn2ccc(=O)[nH]c2=O)c1. The number of ether oxygens (including phenoxy) is 1. The second-order valence-electron chi connectivity index (χ2n) is 6.04. The van der Waals surface area contributed by atoms with Gasteiger partial charge in [0.25, 0.3) is 5.56 Å². The Morgan fingerprint density at radius 1 is 1.20 bits per heavy atom. The number of amides is 1. The number of H-pyrrole nitrogens is 1. The highest BCUT2D eigenvalue weighted by Gasteiger charge is 2.09. The van der Waals surface area contributed by atoms with Gasteiger partial charge in [-0.15, -0.1) is 0 Å². The van der Waals surface area contributed by atoms with E-state index < -0.39 is 11.2 Å². The zero-order valence-electron chi connectivity index (χ0n) is 14.7. The summed E-state index contributed by atoms with van der Waals surface area (Å²) in [7, 11) is 1.70. The number of carbonyl (C=O) groups is 1. The monoisotopic (exact) mass is 345 g/mol. The number of nitrogens with one attached hydrogen (secondary N) is 1. The number of benzene rings is 1. The van der Waals surface area contributed by atoms with E-state index in [1.807, 2.05) is 26.0 Å². The van der Waals surface area contributed by atoms with Gasteiger partial charge in [-0.25, -0.2) is 4.79 Å². The lowest BCUT2D eigenvalue weighted by Crippen LogP contribution is -2.34. The number of rotatable bonds is 7. The summed E-state index contributed by atoms with van der Waals surface area (Å²) in [4.78, 5) is 38.4. The van der Waals surface area contributed by atoms with Crippen molar-refractivity contribution in [1.29, 1.82) is 0 Å². The van der Waals surface area contributed by atoms with Crippen LogP contribution in [-0.2, 0) is 11.3 Å². The Labute approximate surface area is 145 Å². The molecular weight excluding hydrogens is 322 g/mol. The van der Waals surface area contributed by atoms with Gasteiger partial charge in [0, 0.05) is 32.3 Å². The molecule has 0 saturated heterocycles. The lowest BCUT2D eigenvalue weighted by molar-refractivity contribution is -0.130. The zero-order valence-corrected chi connectivity index (χ0v) is 14.7. The Morgan fingerprint density at radius 2 is 1.88 bits per heavy atom. The van der Waals surface area contributed by atoms with Gasteiger partial charge in [-0.1, -0.05) is 6.07 Å². The van der Waals surface area contributed by atoms with Crippen molar-refractivity contribution in [1.82, 2.24) is 14.5 Å². The van der Waals surface area contributed by atoms with E-state index in [-0.39, 0.29) is 18.9 Å². The number of aromatic nitrogens is 2. The molecule has 0 radical (unpaired) electrons. The molecule has 0 bridgehead atoms. The molecule has 1 heterocycles. The molecule has 0 aliphatic heterocycles. The molecule has 134 valence electrons. The van der Waals surface area contributed by atoms with E-state index in [9.17, 15) is 14.4 Å². The van der Waals surface area contributed by atoms with Crippen molar-refractivity contribution in [3.8, 4) is 5.75 Å². The molecule has 0 atom stereocenters. The van der Waals surface area contributed by atoms with Crippen LogP contribution in [0.25, 0.3) is 0 Å². The molecule has 1 N–H and O–H groups in total. The number of hydrogen-bond acceptors (Lipinski definition) is 4. The van der Waals surface area contributed by atoms with E-state index in [0.29, 0.717) is 13.2 Å². The summed E-state index contributed by atoms with van der Waals surface area (Å²) in [5, 5.41) is 0. The van der Waals surface area contributed by atoms with Gasteiger partial charge in [0.15, 0.2) is 0 Å². The molecule has 1 aromatic heterocycles. The quantitative estimate of drug-likeness (QED) is 0.814. The van der Waals surface area contributed by atoms with E-state index in [1.165, 1.54) is 16.8 Å². The maximum Gasteiger partial charge on any atom is 0.328 e. The molecule has 25 heavy (non-hydrogen) atoms. The Balaban J connectivity index is 1.80. The summed E-state index contributed by atoms with van der Waals surface area (Å²) in [5.74, 6) is 0.695. The van der Waals surface area contributed by atoms with Crippen LogP contribution in [0.5, 0.6) is 5.75 Å². The number of nitrogens with zero attached hydrogens (tertiary/aromatic N) is 2. The highest BCUT2D eigenvalue weighted by molar-refractivity contribution is 5.75. The van der Waals surface area contributed by atoms with Gasteiger partial charge in [-0.3, -0.25) is 14.6 Å². The molecule has 0 aliphatic carbocycles. The third kappa shape index (κ3) is 5.63. The van der Waals surface area contributed by atoms with Crippen molar-refractivity contribution < 1.29 is 9.53 Å². The molecule has 0 saturated carbocycles. The van der Waals surface area contributed by atoms with Gasteiger partial charge in [0.2, 0.25) is 5.91 Å². The normalized spacial score (nSPS) is 10.5. The first-order chi connectivity index (χ1) is 11.8. The minimum atomic E-state index is -0.513. The smallest absolute Gasteiger partial charge is 0.328 e. The summed E-state index contributed by atoms with van der Waals surface area (Å²) < 4.78 is 7.00. The Morgan fingerprint density at radius 3 is 2.52 bits per heavy atom. The van der Waals surface area contributed by atoms with E-state index in [1.54, 1.807) is 11.9 Å². The van der Waals surface area contributed by atoms with Crippen LogP contribution in [0, 0.1) is 13.8 Å². The van der Waals surface area contributed by atoms with Gasteiger partial charge in [-0.2, -0.15) is 0 Å². The van der Waals surface area contributed by atoms with Crippen LogP contribution in [0.1, 0.15) is 17.5 Å². The molecule has 7 nitrogen and oxygen atoms in total. The van der Waals surface area contributed by atoms with Crippen LogP contribution in [0.15, 0.2) is 40.1 Å². The number of hydrogen-bond donors (Lipinski definition) is 1. The second kappa shape index (κ2) is 8.32. The minimum Gasteiger partial charge on any atom is -0.492 e. The predicted molar refractivity (Wildman–Crippen MR) is 95.0 cm³/mol. The Bertz CT molecular complexity index is 834. The van der Waals surface area contributed by atoms with Gasteiger partial charge in [0.05, 0.1) is 6.54 Å². The molecule has 2 rings (SSSR count). The molecular formula is C18H23N3O4. The summed E-state index contributed by atoms with van der Waals surface area (Å²) >= 11 is 0. The van der Waals surface area contributed by atoms with Crippen LogP contribution >= 0.6 is 0 Å². The van der Waals surface area contributed by atoms with E-state index in [0.717, 1.165) is 16.9 Å². The molecule has 7 heteroatoms. The summed E-state index contributed by atoms with van der Waals surface area (Å²) in [6.07, 6.45) is 1.56. The molecule has 2 aromatic rings. The van der Waals surface area contributed by atoms with Crippen LogP contribution in [0.2, 0.25) is 0 Å². The fourth-order valence-electron chi connectivity index (χ4n) is 2.47. The molecule has 0 aliphatic rings. The van der Waals surface area contributed by atoms with Crippen molar-refractivity contribution in [3.63, 3.8) is 0 Å². The van der Waals surface area contributed by atoms with Crippen molar-refractivity contribution >= 4 is 5.91 Å². The van der Waals surface area contributed by atoms with Gasteiger partial charge < -0.3 is 14.2 Å². The fourth-order valence-corrected chi connectivity index (χ4v) is 2.47. The van der Waals surface area contributed by atoms with E-state index in [2.05, 4.69) is 11.1 Å². The Hall–Kier alpha value is -2.83. The molecule has 1 amide bonds. The lowest BCUT2D eigenvalue weighted by Gasteiger charge is -2.18. The third-order valence-electron chi connectivity index (χ3n) is 3.78. The van der Waals surface area contributed by atoms with Gasteiger partial charge in [-0.05, 0) is 37.1 Å². The van der Waals surface area contributed by atoms with Crippen molar-refractivity contribution in [2.24, 2.45) is 0 Å². The number of aromatic amines is 1. The second-order valence-corrected chi connectivity index (χ2v) is 6.04. The molecule has 0 spiro atoms. The van der Waals surface area contributed by atoms with E-state index >= 15 is 0 Å². The first-order valence-electron chi connectivity index (χ1n) is 8.10. The van der Waals surface area contributed by atoms with Crippen molar-refractivity contribution in [3.05, 3.63) is 62.4 Å². The zero-order chi connectivity index (χ0) is 18.4. The maximum absolute atomic E-state index is 12.1. The van der Waals surface area contributed by atoms with Gasteiger partial charge >= 0.3 is 5.69 Å². The van der Waals surface area contributed by atoms with E-state index in [4.69, 9.17) is 4.74 Å². The number of likely N-dealkylation sites (N-methyl/N-ethyl adjacent to an activating group) is 1.